The summed E-state index contributed by atoms with van der Waals surface area (Å²) in [6, 6.07) is 36.8. The summed E-state index contributed by atoms with van der Waals surface area (Å²) < 4.78 is 2.27. The van der Waals surface area contributed by atoms with Crippen molar-refractivity contribution in [3.05, 3.63) is 139 Å². The van der Waals surface area contributed by atoms with Crippen LogP contribution in [0.3, 0.4) is 0 Å². The van der Waals surface area contributed by atoms with Crippen molar-refractivity contribution in [1.29, 1.82) is 0 Å². The molecule has 0 radical (unpaired) electrons. The van der Waals surface area contributed by atoms with Crippen LogP contribution in [0.2, 0.25) is 0 Å². The van der Waals surface area contributed by atoms with E-state index >= 15 is 0 Å². The molecular formula is C49H57N4PtS-3. The predicted octanol–water partition coefficient (Wildman–Crippen LogP) is 13.3. The molecule has 55 heavy (non-hydrogen) atoms. The Morgan fingerprint density at radius 3 is 1.82 bits per heavy atom. The van der Waals surface area contributed by atoms with Gasteiger partial charge in [0, 0.05) is 50.9 Å². The fraction of sp³-hybridized carbons (Fsp3) is 0.347. The van der Waals surface area contributed by atoms with Crippen molar-refractivity contribution in [2.24, 2.45) is 0 Å². The van der Waals surface area contributed by atoms with Crippen molar-refractivity contribution in [2.45, 2.75) is 115 Å². The maximum atomic E-state index is 4.88. The van der Waals surface area contributed by atoms with Gasteiger partial charge in [0.05, 0.1) is 6.67 Å². The second kappa shape index (κ2) is 15.3. The largest absolute Gasteiger partial charge is 0.358 e. The number of pyridine rings is 1. The number of fused-ring (bicyclic) bond motifs is 3. The number of aromatic nitrogens is 2. The first kappa shape index (κ1) is 42.4. The maximum absolute atomic E-state index is 4.88. The first-order chi connectivity index (χ1) is 24.8. The van der Waals surface area contributed by atoms with Crippen molar-refractivity contribution in [2.75, 3.05) is 16.5 Å². The van der Waals surface area contributed by atoms with E-state index in [4.69, 9.17) is 4.98 Å². The molecule has 7 rings (SSSR count). The number of hydrogen-bond acceptors (Lipinski definition) is 4. The second-order valence-electron chi connectivity index (χ2n) is 18.7. The minimum absolute atomic E-state index is 0. The van der Waals surface area contributed by atoms with E-state index in [2.05, 4.69) is 201 Å². The number of anilines is 2. The molecule has 6 heteroatoms. The molecule has 1 aliphatic rings. The molecule has 4 aromatic carbocycles. The Morgan fingerprint density at radius 2 is 1.18 bits per heavy atom. The van der Waals surface area contributed by atoms with Gasteiger partial charge in [-0.25, -0.2) is 4.98 Å². The summed E-state index contributed by atoms with van der Waals surface area (Å²) in [5.74, 6) is 0.915. The van der Waals surface area contributed by atoms with E-state index in [0.29, 0.717) is 0 Å². The quantitative estimate of drug-likeness (QED) is 0.161. The Bertz CT molecular complexity index is 2330. The molecule has 0 spiro atoms. The van der Waals surface area contributed by atoms with E-state index in [1.807, 2.05) is 6.20 Å². The minimum Gasteiger partial charge on any atom is -0.358 e. The van der Waals surface area contributed by atoms with Crippen LogP contribution in [-0.2, 0) is 42.7 Å². The van der Waals surface area contributed by atoms with Crippen LogP contribution in [0, 0.1) is 19.6 Å². The van der Waals surface area contributed by atoms with Gasteiger partial charge in [-0.3, -0.25) is 0 Å². The van der Waals surface area contributed by atoms with Crippen LogP contribution < -0.4 is 9.80 Å². The van der Waals surface area contributed by atoms with Crippen LogP contribution in [0.1, 0.15) is 105 Å². The van der Waals surface area contributed by atoms with Gasteiger partial charge in [-0.05, 0) is 74.1 Å². The van der Waals surface area contributed by atoms with E-state index in [1.54, 1.807) is 11.8 Å². The summed E-state index contributed by atoms with van der Waals surface area (Å²) in [6.45, 7) is 28.1. The molecule has 0 aliphatic carbocycles. The molecule has 6 aromatic rings. The first-order valence-corrected chi connectivity index (χ1v) is 19.6. The summed E-state index contributed by atoms with van der Waals surface area (Å²) in [5.41, 5.74) is 9.81. The Labute approximate surface area is 349 Å². The average molecular weight is 929 g/mol. The van der Waals surface area contributed by atoms with E-state index in [0.717, 1.165) is 39.0 Å². The zero-order chi connectivity index (χ0) is 38.1. The fourth-order valence-corrected chi connectivity index (χ4v) is 7.72. The zero-order valence-electron chi connectivity index (χ0n) is 35.0. The standard InChI is InChI=1S/C48H54N4S.CH3.Pt/c1-45(2,3)32-19-20-49-44(28-32)52-42-16-14-13-15-40(42)41-18-17-38(30-43(41)52)53-39-27-35(48(10,11)12)26-37(29-39)51-22-21-50(31-51)36-24-33(46(4,5)6)23-34(25-36)47(7,8)9;;/h13-28H,31H2,1-12H3;1H3;/q-2;-1;. The Morgan fingerprint density at radius 1 is 0.582 bits per heavy atom. The molecule has 0 atom stereocenters. The van der Waals surface area contributed by atoms with Gasteiger partial charge in [-0.15, -0.1) is 50.7 Å². The summed E-state index contributed by atoms with van der Waals surface area (Å²) >= 11 is 1.72. The summed E-state index contributed by atoms with van der Waals surface area (Å²) in [7, 11) is 0. The molecule has 0 saturated heterocycles. The van der Waals surface area contributed by atoms with Gasteiger partial charge in [-0.2, -0.15) is 18.2 Å². The van der Waals surface area contributed by atoms with Gasteiger partial charge in [0.1, 0.15) is 5.82 Å². The van der Waals surface area contributed by atoms with Crippen molar-refractivity contribution >= 4 is 44.9 Å². The molecule has 0 N–H and O–H groups in total. The van der Waals surface area contributed by atoms with E-state index in [9.17, 15) is 0 Å². The third-order valence-electron chi connectivity index (χ3n) is 10.3. The van der Waals surface area contributed by atoms with Gasteiger partial charge < -0.3 is 21.8 Å². The molecule has 4 nitrogen and oxygen atoms in total. The normalized spacial score (nSPS) is 13.7. The number of hydrogen-bond donors (Lipinski definition) is 0. The maximum Gasteiger partial charge on any atom is 0.135 e. The molecular weight excluding hydrogens is 872 g/mol. The SMILES string of the molecule is CC(C)(C)c1cc(Sc2[c-]c3c(cc2)c2ccccc2n3-c2cc(C(C)(C)C)ccn2)[c-]c(N2C=CN(c3cc(C(C)(C)C)cc(C(C)(C)C)c3)C2)c1.[CH3-].[Pt]. The Kier molecular flexibility index (Phi) is 11.8. The van der Waals surface area contributed by atoms with Crippen LogP contribution in [0.25, 0.3) is 27.6 Å². The van der Waals surface area contributed by atoms with Gasteiger partial charge in [0.15, 0.2) is 0 Å². The van der Waals surface area contributed by atoms with Gasteiger partial charge in [0.2, 0.25) is 0 Å². The summed E-state index contributed by atoms with van der Waals surface area (Å²) in [6.07, 6.45) is 6.34. The number of benzene rings is 4. The number of para-hydroxylation sites is 1. The van der Waals surface area contributed by atoms with Crippen LogP contribution in [0.5, 0.6) is 0 Å². The molecule has 2 aromatic heterocycles. The fourth-order valence-electron chi connectivity index (χ4n) is 6.86. The minimum atomic E-state index is -0.0330. The Hall–Kier alpha value is -3.79. The summed E-state index contributed by atoms with van der Waals surface area (Å²) in [5, 5.41) is 2.38. The van der Waals surface area contributed by atoms with Crippen molar-refractivity contribution in [3.63, 3.8) is 0 Å². The number of rotatable bonds is 5. The zero-order valence-corrected chi connectivity index (χ0v) is 38.0. The molecule has 0 saturated carbocycles. The van der Waals surface area contributed by atoms with Gasteiger partial charge in [0.25, 0.3) is 0 Å². The summed E-state index contributed by atoms with van der Waals surface area (Å²) in [4.78, 5) is 11.7. The number of nitrogens with zero attached hydrogens (tertiary/aromatic N) is 4. The van der Waals surface area contributed by atoms with Crippen molar-refractivity contribution in [3.8, 4) is 5.82 Å². The van der Waals surface area contributed by atoms with Gasteiger partial charge >= 0.3 is 0 Å². The smallest absolute Gasteiger partial charge is 0.135 e. The topological polar surface area (TPSA) is 24.3 Å². The van der Waals surface area contributed by atoms with Gasteiger partial charge in [-0.1, -0.05) is 119 Å². The van der Waals surface area contributed by atoms with Crippen LogP contribution in [0.15, 0.2) is 107 Å². The molecule has 0 fully saturated rings. The molecule has 0 amide bonds. The second-order valence-corrected chi connectivity index (χ2v) is 19.8. The van der Waals surface area contributed by atoms with Crippen LogP contribution in [-0.4, -0.2) is 16.2 Å². The van der Waals surface area contributed by atoms with E-state index in [-0.39, 0.29) is 50.2 Å². The Balaban J connectivity index is 0.00000290. The van der Waals surface area contributed by atoms with Crippen molar-refractivity contribution < 1.29 is 21.1 Å². The molecule has 3 heterocycles. The van der Waals surface area contributed by atoms with E-state index < -0.39 is 0 Å². The van der Waals surface area contributed by atoms with Crippen molar-refractivity contribution in [1.82, 2.24) is 9.55 Å². The van der Waals surface area contributed by atoms with E-state index in [1.165, 1.54) is 38.7 Å². The third-order valence-corrected chi connectivity index (χ3v) is 11.2. The molecule has 292 valence electrons. The predicted molar refractivity (Wildman–Crippen MR) is 233 cm³/mol. The van der Waals surface area contributed by atoms with Crippen LogP contribution in [0.4, 0.5) is 11.4 Å². The monoisotopic (exact) mass is 928 g/mol. The first-order valence-electron chi connectivity index (χ1n) is 18.8. The third kappa shape index (κ3) is 8.79. The molecule has 0 unspecified atom stereocenters. The molecule has 1 aliphatic heterocycles. The van der Waals surface area contributed by atoms with Crippen LogP contribution >= 0.6 is 11.8 Å². The molecule has 0 bridgehead atoms. The average Bonchev–Trinajstić information content (AvgIpc) is 3.70.